The van der Waals surface area contributed by atoms with E-state index in [9.17, 15) is 14.4 Å². The van der Waals surface area contributed by atoms with Crippen LogP contribution < -0.4 is 10.3 Å². The molecule has 3 aromatic carbocycles. The van der Waals surface area contributed by atoms with Gasteiger partial charge in [0.2, 0.25) is 11.8 Å². The molecule has 10 rings (SSSR count). The minimum atomic E-state index is 0.0805. The Balaban J connectivity index is 0.000000163. The molecule has 2 fully saturated rings. The van der Waals surface area contributed by atoms with E-state index in [0.29, 0.717) is 25.3 Å². The van der Waals surface area contributed by atoms with E-state index in [2.05, 4.69) is 33.5 Å². The van der Waals surface area contributed by atoms with Gasteiger partial charge in [-0.25, -0.2) is 0 Å². The van der Waals surface area contributed by atoms with Crippen molar-refractivity contribution in [1.82, 2.24) is 34.9 Å². The molecular weight excluding hydrogens is 809 g/mol. The third kappa shape index (κ3) is 8.12. The molecule has 4 aliphatic rings. The summed E-state index contributed by atoms with van der Waals surface area (Å²) in [4.78, 5) is 55.8. The first kappa shape index (κ1) is 40.4. The summed E-state index contributed by atoms with van der Waals surface area (Å²) >= 11 is 12.6. The number of hydrogen-bond donors (Lipinski definition) is 1. The summed E-state index contributed by atoms with van der Waals surface area (Å²) < 4.78 is 0. The summed E-state index contributed by atoms with van der Waals surface area (Å²) in [5.41, 5.74) is 15.0. The summed E-state index contributed by atoms with van der Waals surface area (Å²) in [7, 11) is 0. The molecule has 11 nitrogen and oxygen atoms in total. The van der Waals surface area contributed by atoms with Crippen LogP contribution in [0.3, 0.4) is 0 Å². The molecule has 13 heteroatoms. The van der Waals surface area contributed by atoms with Crippen molar-refractivity contribution in [2.45, 2.75) is 65.2 Å². The van der Waals surface area contributed by atoms with Crippen molar-refractivity contribution in [2.24, 2.45) is 0 Å². The van der Waals surface area contributed by atoms with E-state index in [4.69, 9.17) is 33.0 Å². The Hall–Kier alpha value is -6.04. The third-order valence-corrected chi connectivity index (χ3v) is 12.8. The molecule has 2 aliphatic heterocycles. The number of nitrogens with one attached hydrogen (secondary N) is 1. The lowest BCUT2D eigenvalue weighted by molar-refractivity contribution is -0.130. The Bertz CT molecular complexity index is 2820. The summed E-state index contributed by atoms with van der Waals surface area (Å²) in [6.07, 6.45) is 9.89. The molecule has 61 heavy (non-hydrogen) atoms. The van der Waals surface area contributed by atoms with Crippen LogP contribution in [-0.2, 0) is 35.3 Å². The predicted molar refractivity (Wildman–Crippen MR) is 238 cm³/mol. The number of aromatic amines is 1. The molecule has 310 valence electrons. The number of H-pyrrole nitrogens is 1. The highest BCUT2D eigenvalue weighted by molar-refractivity contribution is 6.31. The Morgan fingerprint density at radius 1 is 0.689 bits per heavy atom. The molecule has 0 spiro atoms. The number of likely N-dealkylation sites (tertiary alicyclic amines) is 2. The van der Waals surface area contributed by atoms with Crippen molar-refractivity contribution in [3.63, 3.8) is 0 Å². The van der Waals surface area contributed by atoms with Crippen LogP contribution in [0.5, 0.6) is 5.75 Å². The van der Waals surface area contributed by atoms with Crippen LogP contribution in [0.1, 0.15) is 84.3 Å². The summed E-state index contributed by atoms with van der Waals surface area (Å²) in [5, 5.41) is 9.86. The van der Waals surface area contributed by atoms with Crippen molar-refractivity contribution >= 4 is 57.2 Å². The number of piperidine rings is 2. The Labute approximate surface area is 363 Å². The average Bonchev–Trinajstić information content (AvgIpc) is 3.49. The van der Waals surface area contributed by atoms with Gasteiger partial charge in [-0.2, -0.15) is 0 Å². The first-order chi connectivity index (χ1) is 29.6. The van der Waals surface area contributed by atoms with Crippen LogP contribution in [0.2, 0.25) is 10.0 Å². The zero-order valence-electron chi connectivity index (χ0n) is 34.1. The number of halogens is 2. The lowest BCUT2D eigenvalue weighted by atomic mass is 9.88. The van der Waals surface area contributed by atoms with Gasteiger partial charge in [0.25, 0.3) is 0 Å². The highest BCUT2D eigenvalue weighted by atomic mass is 35.5. The fraction of sp³-hybridized carbons (Fsp3) is 0.292. The minimum absolute atomic E-state index is 0.0805. The molecule has 0 atom stereocenters. The summed E-state index contributed by atoms with van der Waals surface area (Å²) in [6.45, 7) is 6.14. The van der Waals surface area contributed by atoms with Crippen molar-refractivity contribution in [3.8, 4) is 5.75 Å². The zero-order chi connectivity index (χ0) is 42.2. The number of carbonyl (C=O) groups is 2. The lowest BCUT2D eigenvalue weighted by Gasteiger charge is -2.29. The van der Waals surface area contributed by atoms with Crippen molar-refractivity contribution in [1.29, 1.82) is 0 Å². The number of aromatic nitrogens is 5. The highest BCUT2D eigenvalue weighted by Crippen LogP contribution is 2.42. The van der Waals surface area contributed by atoms with Crippen LogP contribution in [0.15, 0.2) is 101 Å². The number of amides is 2. The predicted octanol–water partition coefficient (Wildman–Crippen LogP) is 8.44. The molecule has 2 saturated heterocycles. The van der Waals surface area contributed by atoms with Gasteiger partial charge in [-0.3, -0.25) is 19.4 Å². The Morgan fingerprint density at radius 3 is 1.92 bits per heavy atom. The largest absolute Gasteiger partial charge is 0.361 e. The smallest absolute Gasteiger partial charge is 0.219 e. The Kier molecular flexibility index (Phi) is 11.3. The molecule has 6 aromatic rings. The number of para-hydroxylation sites is 1. The maximum Gasteiger partial charge on any atom is 0.219 e. The molecule has 0 radical (unpaired) electrons. The van der Waals surface area contributed by atoms with Crippen molar-refractivity contribution in [3.05, 3.63) is 161 Å². The second-order valence-electron chi connectivity index (χ2n) is 15.9. The van der Waals surface area contributed by atoms with Gasteiger partial charge in [-0.15, -0.1) is 5.10 Å². The molecule has 5 heterocycles. The van der Waals surface area contributed by atoms with Gasteiger partial charge in [0.1, 0.15) is 11.0 Å². The van der Waals surface area contributed by atoms with Gasteiger partial charge in [0.05, 0.1) is 11.4 Å². The number of nitrogens with zero attached hydrogens (tertiary/aromatic N) is 6. The third-order valence-electron chi connectivity index (χ3n) is 12.4. The van der Waals surface area contributed by atoms with Gasteiger partial charge in [-0.1, -0.05) is 63.5 Å². The van der Waals surface area contributed by atoms with Crippen LogP contribution in [0.4, 0.5) is 0 Å². The number of rotatable bonds is 2. The normalized spacial score (nSPS) is 16.1. The number of benzene rings is 3. The quantitative estimate of drug-likeness (QED) is 0.185. The molecule has 0 bridgehead atoms. The van der Waals surface area contributed by atoms with Gasteiger partial charge in [-0.05, 0) is 115 Å². The maximum absolute atomic E-state index is 12.5. The molecule has 3 aromatic heterocycles. The number of fused-ring (bicyclic) bond motifs is 5. The van der Waals surface area contributed by atoms with Crippen LogP contribution >= 0.6 is 23.2 Å². The molecule has 1 N–H and O–H groups in total. The van der Waals surface area contributed by atoms with Gasteiger partial charge < -0.3 is 19.6 Å². The molecule has 2 amide bonds. The number of aryl methyl sites for hydroxylation is 2. The summed E-state index contributed by atoms with van der Waals surface area (Å²) in [5.74, 6) is 0.955. The number of carbonyl (C=O) groups excluding carboxylic acids is 2. The molecule has 0 unspecified atom stereocenters. The topological polar surface area (TPSA) is 126 Å². The molecule has 0 saturated carbocycles. The highest BCUT2D eigenvalue weighted by Gasteiger charge is 2.29. The van der Waals surface area contributed by atoms with E-state index in [1.165, 1.54) is 27.1 Å². The molecular formula is C48H45Cl2N7O4. The second kappa shape index (κ2) is 17.1. The maximum atomic E-state index is 12.5. The number of hydrogen-bond acceptors (Lipinski definition) is 7. The van der Waals surface area contributed by atoms with Crippen LogP contribution in [0.25, 0.3) is 22.2 Å². The van der Waals surface area contributed by atoms with Crippen molar-refractivity contribution < 1.29 is 14.4 Å². The van der Waals surface area contributed by atoms with E-state index in [0.717, 1.165) is 124 Å². The first-order valence-corrected chi connectivity index (χ1v) is 21.6. The first-order valence-electron chi connectivity index (χ1n) is 20.8. The number of pyridine rings is 2. The molecule has 2 aliphatic carbocycles. The van der Waals surface area contributed by atoms with Gasteiger partial charge in [0, 0.05) is 96.9 Å². The van der Waals surface area contributed by atoms with E-state index < -0.39 is 0 Å². The SMILES string of the molecule is CC(=O)N1CCC(=C2c3ccc(Cl)cc3CCc3c(On4nnc5ccccc54)ccnc32)CC1.CC(=O)N1CCC(=C2c3ccc(Cl)cc3CCc3c2[nH]ccc3=O)CC1. The van der Waals surface area contributed by atoms with E-state index in [1.807, 2.05) is 58.3 Å². The standard InChI is InChI=1S/C27H24ClN5O2.C21H21ClN2O2/c1-17(34)32-14-11-18(12-15-32)26-21-9-7-20(28)16-19(21)6-8-22-25(10-13-29-27(22)26)35-33-24-5-3-2-4-23(24)30-31-33;1-13(25)24-10-7-14(8-11-24)20-17-5-3-16(22)12-15(17)2-4-18-19(26)6-9-23-21(18)20/h2-5,7,9-10,13,16H,6,8,11-12,14-15H2,1H3;3,5-6,9,12H,2,4,7-8,10-11H2,1H3,(H,23,26). The monoisotopic (exact) mass is 853 g/mol. The zero-order valence-corrected chi connectivity index (χ0v) is 35.7. The second-order valence-corrected chi connectivity index (χ2v) is 16.8. The average molecular weight is 855 g/mol. The minimum Gasteiger partial charge on any atom is -0.361 e. The van der Waals surface area contributed by atoms with Crippen LogP contribution in [-0.4, -0.2) is 72.9 Å². The van der Waals surface area contributed by atoms with E-state index in [-0.39, 0.29) is 17.2 Å². The lowest BCUT2D eigenvalue weighted by Crippen LogP contribution is -2.34. The Morgan fingerprint density at radius 2 is 1.28 bits per heavy atom. The van der Waals surface area contributed by atoms with E-state index >= 15 is 0 Å². The summed E-state index contributed by atoms with van der Waals surface area (Å²) in [6, 6.07) is 23.3. The van der Waals surface area contributed by atoms with Gasteiger partial charge in [0.15, 0.2) is 11.2 Å². The van der Waals surface area contributed by atoms with Gasteiger partial charge >= 0.3 is 0 Å². The van der Waals surface area contributed by atoms with Crippen LogP contribution in [0, 0.1) is 0 Å². The fourth-order valence-corrected chi connectivity index (χ4v) is 9.61. The fourth-order valence-electron chi connectivity index (χ4n) is 9.22. The van der Waals surface area contributed by atoms with Crippen molar-refractivity contribution in [2.75, 3.05) is 26.2 Å². The van der Waals surface area contributed by atoms with E-state index in [1.54, 1.807) is 32.3 Å².